The van der Waals surface area contributed by atoms with E-state index in [0.717, 1.165) is 10.9 Å². The second kappa shape index (κ2) is 7.81. The highest BCUT2D eigenvalue weighted by Crippen LogP contribution is 2.24. The van der Waals surface area contributed by atoms with Crippen molar-refractivity contribution in [3.8, 4) is 0 Å². The SMILES string of the molecule is CCC(C)CC(CC)NC(C)c1ccccc1Cl. The van der Waals surface area contributed by atoms with Gasteiger partial charge in [-0.2, -0.15) is 0 Å². The summed E-state index contributed by atoms with van der Waals surface area (Å²) >= 11 is 6.24. The van der Waals surface area contributed by atoms with Crippen molar-refractivity contribution < 1.29 is 0 Å². The average Bonchev–Trinajstić information content (AvgIpc) is 2.38. The third-order valence-electron chi connectivity index (χ3n) is 3.73. The van der Waals surface area contributed by atoms with Crippen LogP contribution in [0.1, 0.15) is 58.6 Å². The summed E-state index contributed by atoms with van der Waals surface area (Å²) in [6, 6.07) is 8.99. The first kappa shape index (κ1) is 15.5. The van der Waals surface area contributed by atoms with E-state index in [1.807, 2.05) is 12.1 Å². The minimum atomic E-state index is 0.313. The molecule has 1 nitrogen and oxygen atoms in total. The minimum Gasteiger partial charge on any atom is -0.307 e. The van der Waals surface area contributed by atoms with E-state index < -0.39 is 0 Å². The standard InChI is InChI=1S/C16H26ClN/c1-5-12(3)11-14(6-2)18-13(4)15-9-7-8-10-16(15)17/h7-10,12-14,18H,5-6,11H2,1-4H3. The molecule has 0 bridgehead atoms. The number of benzene rings is 1. The van der Waals surface area contributed by atoms with E-state index in [4.69, 9.17) is 11.6 Å². The summed E-state index contributed by atoms with van der Waals surface area (Å²) in [6.45, 7) is 9.03. The van der Waals surface area contributed by atoms with Crippen molar-refractivity contribution in [1.29, 1.82) is 0 Å². The molecular formula is C16H26ClN. The van der Waals surface area contributed by atoms with Gasteiger partial charge in [-0.3, -0.25) is 0 Å². The van der Waals surface area contributed by atoms with Crippen LogP contribution in [0, 0.1) is 5.92 Å². The Bertz CT molecular complexity index is 351. The molecule has 102 valence electrons. The largest absolute Gasteiger partial charge is 0.307 e. The van der Waals surface area contributed by atoms with Gasteiger partial charge in [0.15, 0.2) is 0 Å². The Morgan fingerprint density at radius 1 is 1.11 bits per heavy atom. The van der Waals surface area contributed by atoms with Gasteiger partial charge < -0.3 is 5.32 Å². The van der Waals surface area contributed by atoms with Crippen LogP contribution in [-0.4, -0.2) is 6.04 Å². The van der Waals surface area contributed by atoms with Crippen LogP contribution in [0.15, 0.2) is 24.3 Å². The number of hydrogen-bond acceptors (Lipinski definition) is 1. The predicted molar refractivity (Wildman–Crippen MR) is 81.2 cm³/mol. The quantitative estimate of drug-likeness (QED) is 0.715. The van der Waals surface area contributed by atoms with Crippen LogP contribution in [0.3, 0.4) is 0 Å². The van der Waals surface area contributed by atoms with Crippen LogP contribution in [0.25, 0.3) is 0 Å². The first-order chi connectivity index (χ1) is 8.58. The molecule has 0 spiro atoms. The molecule has 0 aliphatic rings. The predicted octanol–water partition coefficient (Wildman–Crippen LogP) is 5.21. The van der Waals surface area contributed by atoms with Gasteiger partial charge >= 0.3 is 0 Å². The normalized spacial score (nSPS) is 16.3. The zero-order valence-corrected chi connectivity index (χ0v) is 12.8. The maximum absolute atomic E-state index is 6.24. The van der Waals surface area contributed by atoms with Crippen LogP contribution >= 0.6 is 11.6 Å². The first-order valence-electron chi connectivity index (χ1n) is 7.08. The fourth-order valence-electron chi connectivity index (χ4n) is 2.27. The molecule has 0 aromatic heterocycles. The molecule has 1 aromatic rings. The number of halogens is 1. The maximum atomic E-state index is 6.24. The van der Waals surface area contributed by atoms with Crippen LogP contribution in [0.2, 0.25) is 5.02 Å². The Morgan fingerprint density at radius 2 is 1.78 bits per heavy atom. The van der Waals surface area contributed by atoms with Crippen molar-refractivity contribution in [3.63, 3.8) is 0 Å². The van der Waals surface area contributed by atoms with Crippen LogP contribution in [-0.2, 0) is 0 Å². The van der Waals surface area contributed by atoms with Crippen molar-refractivity contribution in [1.82, 2.24) is 5.32 Å². The highest BCUT2D eigenvalue weighted by molar-refractivity contribution is 6.31. The van der Waals surface area contributed by atoms with Gasteiger partial charge in [-0.25, -0.2) is 0 Å². The molecule has 0 aliphatic heterocycles. The van der Waals surface area contributed by atoms with E-state index in [1.165, 1.54) is 24.8 Å². The summed E-state index contributed by atoms with van der Waals surface area (Å²) in [6.07, 6.45) is 3.65. The Labute approximate surface area is 117 Å². The van der Waals surface area contributed by atoms with Gasteiger partial charge in [-0.1, -0.05) is 57.0 Å². The van der Waals surface area contributed by atoms with Gasteiger partial charge in [-0.15, -0.1) is 0 Å². The minimum absolute atomic E-state index is 0.313. The molecule has 1 N–H and O–H groups in total. The molecule has 0 saturated heterocycles. The zero-order valence-electron chi connectivity index (χ0n) is 12.0. The van der Waals surface area contributed by atoms with Gasteiger partial charge in [0.25, 0.3) is 0 Å². The van der Waals surface area contributed by atoms with Crippen molar-refractivity contribution >= 4 is 11.6 Å². The van der Waals surface area contributed by atoms with Crippen LogP contribution in [0.4, 0.5) is 0 Å². The molecule has 0 aliphatic carbocycles. The number of rotatable bonds is 7. The molecule has 0 radical (unpaired) electrons. The van der Waals surface area contributed by atoms with E-state index >= 15 is 0 Å². The van der Waals surface area contributed by atoms with Crippen LogP contribution < -0.4 is 5.32 Å². The van der Waals surface area contributed by atoms with E-state index in [1.54, 1.807) is 0 Å². The molecule has 0 fully saturated rings. The molecule has 18 heavy (non-hydrogen) atoms. The summed E-state index contributed by atoms with van der Waals surface area (Å²) in [5, 5.41) is 4.56. The molecule has 2 heteroatoms. The molecule has 0 amide bonds. The lowest BCUT2D eigenvalue weighted by Gasteiger charge is -2.25. The summed E-state index contributed by atoms with van der Waals surface area (Å²) in [7, 11) is 0. The van der Waals surface area contributed by atoms with Crippen molar-refractivity contribution in [2.45, 2.75) is 59.0 Å². The highest BCUT2D eigenvalue weighted by atomic mass is 35.5. The Morgan fingerprint density at radius 3 is 2.33 bits per heavy atom. The third kappa shape index (κ3) is 4.62. The topological polar surface area (TPSA) is 12.0 Å². The summed E-state index contributed by atoms with van der Waals surface area (Å²) < 4.78 is 0. The molecule has 0 saturated carbocycles. The fraction of sp³-hybridized carbons (Fsp3) is 0.625. The van der Waals surface area contributed by atoms with Crippen molar-refractivity contribution in [3.05, 3.63) is 34.9 Å². The molecule has 1 rings (SSSR count). The zero-order chi connectivity index (χ0) is 13.5. The molecule has 1 aromatic carbocycles. The maximum Gasteiger partial charge on any atom is 0.0453 e. The molecular weight excluding hydrogens is 242 g/mol. The number of nitrogens with one attached hydrogen (secondary N) is 1. The third-order valence-corrected chi connectivity index (χ3v) is 4.08. The first-order valence-corrected chi connectivity index (χ1v) is 7.46. The summed E-state index contributed by atoms with van der Waals surface area (Å²) in [5.41, 5.74) is 1.20. The summed E-state index contributed by atoms with van der Waals surface area (Å²) in [5.74, 6) is 0.779. The second-order valence-corrected chi connectivity index (χ2v) is 5.67. The van der Waals surface area contributed by atoms with Crippen LogP contribution in [0.5, 0.6) is 0 Å². The van der Waals surface area contributed by atoms with Gasteiger partial charge in [0.1, 0.15) is 0 Å². The fourth-order valence-corrected chi connectivity index (χ4v) is 2.57. The monoisotopic (exact) mass is 267 g/mol. The van der Waals surface area contributed by atoms with E-state index in [0.29, 0.717) is 12.1 Å². The lowest BCUT2D eigenvalue weighted by molar-refractivity contribution is 0.359. The van der Waals surface area contributed by atoms with E-state index in [9.17, 15) is 0 Å². The van der Waals surface area contributed by atoms with Crippen molar-refractivity contribution in [2.75, 3.05) is 0 Å². The van der Waals surface area contributed by atoms with Gasteiger partial charge in [-0.05, 0) is 37.3 Å². The van der Waals surface area contributed by atoms with Gasteiger partial charge in [0.05, 0.1) is 0 Å². The second-order valence-electron chi connectivity index (χ2n) is 5.26. The number of hydrogen-bond donors (Lipinski definition) is 1. The smallest absolute Gasteiger partial charge is 0.0453 e. The Kier molecular flexibility index (Phi) is 6.73. The Balaban J connectivity index is 2.62. The molecule has 0 heterocycles. The van der Waals surface area contributed by atoms with E-state index in [-0.39, 0.29) is 0 Å². The Hall–Kier alpha value is -0.530. The highest BCUT2D eigenvalue weighted by Gasteiger charge is 2.15. The van der Waals surface area contributed by atoms with E-state index in [2.05, 4.69) is 45.1 Å². The molecule has 3 atom stereocenters. The molecule has 3 unspecified atom stereocenters. The lowest BCUT2D eigenvalue weighted by Crippen LogP contribution is -2.32. The lowest BCUT2D eigenvalue weighted by atomic mass is 9.96. The average molecular weight is 268 g/mol. The van der Waals surface area contributed by atoms with Gasteiger partial charge in [0.2, 0.25) is 0 Å². The van der Waals surface area contributed by atoms with Gasteiger partial charge in [0, 0.05) is 17.1 Å². The van der Waals surface area contributed by atoms with Crippen molar-refractivity contribution in [2.24, 2.45) is 5.92 Å². The summed E-state index contributed by atoms with van der Waals surface area (Å²) in [4.78, 5) is 0.